The summed E-state index contributed by atoms with van der Waals surface area (Å²) in [7, 11) is 1.78. The first-order valence-electron chi connectivity index (χ1n) is 10.7. The van der Waals surface area contributed by atoms with E-state index in [0.29, 0.717) is 12.5 Å². The number of piperazine rings is 1. The first kappa shape index (κ1) is 24.1. The minimum Gasteiger partial charge on any atom is -0.384 e. The minimum absolute atomic E-state index is 0. The van der Waals surface area contributed by atoms with Crippen LogP contribution in [0.2, 0.25) is 0 Å². The molecule has 1 aromatic heterocycles. The van der Waals surface area contributed by atoms with Gasteiger partial charge in [-0.2, -0.15) is 0 Å². The second-order valence-electron chi connectivity index (χ2n) is 7.67. The fourth-order valence-electron chi connectivity index (χ4n) is 3.98. The average molecular weight is 516 g/mol. The second kappa shape index (κ2) is 12.5. The van der Waals surface area contributed by atoms with Crippen LogP contribution in [0.1, 0.15) is 25.8 Å². The Bertz CT molecular complexity index is 618. The zero-order valence-electron chi connectivity index (χ0n) is 18.1. The maximum Gasteiger partial charge on any atom is 0.194 e. The third-order valence-electron chi connectivity index (χ3n) is 5.69. The van der Waals surface area contributed by atoms with Crippen molar-refractivity contribution in [3.8, 4) is 0 Å². The number of likely N-dealkylation sites (N-methyl/N-ethyl adjacent to an activating group) is 1. The predicted molar refractivity (Wildman–Crippen MR) is 130 cm³/mol. The van der Waals surface area contributed by atoms with Crippen molar-refractivity contribution in [1.29, 1.82) is 0 Å². The van der Waals surface area contributed by atoms with Crippen LogP contribution in [-0.4, -0.2) is 86.8 Å². The normalized spacial score (nSPS) is 20.7. The van der Waals surface area contributed by atoms with E-state index in [1.54, 1.807) is 7.11 Å². The van der Waals surface area contributed by atoms with Crippen LogP contribution in [0.5, 0.6) is 0 Å². The molecule has 0 saturated carbocycles. The third-order valence-corrected chi connectivity index (χ3v) is 5.69. The molecule has 2 aliphatic heterocycles. The lowest BCUT2D eigenvalue weighted by molar-refractivity contribution is 0.157. The van der Waals surface area contributed by atoms with Crippen LogP contribution in [-0.2, 0) is 11.3 Å². The molecule has 164 valence electrons. The Hall–Kier alpha value is -1.13. The highest BCUT2D eigenvalue weighted by atomic mass is 127. The Morgan fingerprint density at radius 1 is 1.21 bits per heavy atom. The van der Waals surface area contributed by atoms with E-state index in [0.717, 1.165) is 76.3 Å². The molecule has 0 bridgehead atoms. The molecule has 3 rings (SSSR count). The summed E-state index contributed by atoms with van der Waals surface area (Å²) in [4.78, 5) is 16.8. The number of hydrogen-bond donors (Lipinski definition) is 1. The monoisotopic (exact) mass is 516 g/mol. The number of anilines is 1. The summed E-state index contributed by atoms with van der Waals surface area (Å²) >= 11 is 0. The molecule has 0 amide bonds. The quantitative estimate of drug-likeness (QED) is 0.341. The van der Waals surface area contributed by atoms with Crippen molar-refractivity contribution < 1.29 is 4.74 Å². The molecule has 2 aliphatic rings. The number of methoxy groups -OCH3 is 1. The Kier molecular flexibility index (Phi) is 10.4. The summed E-state index contributed by atoms with van der Waals surface area (Å²) < 4.78 is 5.31. The number of aliphatic imine (C=N–C) groups is 1. The molecule has 7 nitrogen and oxygen atoms in total. The van der Waals surface area contributed by atoms with Crippen molar-refractivity contribution in [1.82, 2.24) is 20.1 Å². The van der Waals surface area contributed by atoms with E-state index in [4.69, 9.17) is 14.7 Å². The van der Waals surface area contributed by atoms with Crippen molar-refractivity contribution in [2.75, 3.05) is 71.0 Å². The number of likely N-dealkylation sites (tertiary alicyclic amines) is 1. The van der Waals surface area contributed by atoms with E-state index in [2.05, 4.69) is 46.0 Å². The molecular weight excluding hydrogens is 479 g/mol. The van der Waals surface area contributed by atoms with Crippen molar-refractivity contribution in [2.24, 2.45) is 10.9 Å². The van der Waals surface area contributed by atoms with Gasteiger partial charge in [0, 0.05) is 65.0 Å². The van der Waals surface area contributed by atoms with Gasteiger partial charge in [0.2, 0.25) is 0 Å². The maximum absolute atomic E-state index is 5.31. The molecular formula is C21H37IN6O. The molecule has 1 unspecified atom stereocenters. The number of pyridine rings is 1. The van der Waals surface area contributed by atoms with Crippen molar-refractivity contribution in [3.05, 3.63) is 23.9 Å². The van der Waals surface area contributed by atoms with Gasteiger partial charge in [-0.3, -0.25) is 0 Å². The molecule has 0 radical (unpaired) electrons. The molecule has 1 N–H and O–H groups in total. The van der Waals surface area contributed by atoms with Crippen LogP contribution < -0.4 is 10.2 Å². The van der Waals surface area contributed by atoms with E-state index in [9.17, 15) is 0 Å². The Balaban J connectivity index is 0.00000300. The number of ether oxygens (including phenoxy) is 1. The van der Waals surface area contributed by atoms with Gasteiger partial charge in [0.1, 0.15) is 5.82 Å². The van der Waals surface area contributed by atoms with Crippen LogP contribution >= 0.6 is 24.0 Å². The molecule has 0 aromatic carbocycles. The molecule has 8 heteroatoms. The fourth-order valence-corrected chi connectivity index (χ4v) is 3.98. The van der Waals surface area contributed by atoms with Gasteiger partial charge in [0.05, 0.1) is 13.2 Å². The zero-order chi connectivity index (χ0) is 19.8. The van der Waals surface area contributed by atoms with E-state index in [-0.39, 0.29) is 24.0 Å². The molecule has 1 aromatic rings. The van der Waals surface area contributed by atoms with Crippen LogP contribution in [0.4, 0.5) is 5.82 Å². The van der Waals surface area contributed by atoms with Gasteiger partial charge in [0.15, 0.2) is 5.96 Å². The molecule has 2 fully saturated rings. The summed E-state index contributed by atoms with van der Waals surface area (Å²) in [6, 6.07) is 4.31. The smallest absolute Gasteiger partial charge is 0.194 e. The highest BCUT2D eigenvalue weighted by Crippen LogP contribution is 2.17. The zero-order valence-corrected chi connectivity index (χ0v) is 20.5. The first-order valence-corrected chi connectivity index (χ1v) is 10.7. The highest BCUT2D eigenvalue weighted by Gasteiger charge is 2.24. The topological polar surface area (TPSA) is 56.2 Å². The number of hydrogen-bond acceptors (Lipinski definition) is 5. The van der Waals surface area contributed by atoms with Gasteiger partial charge in [0.25, 0.3) is 0 Å². The SMILES string of the molecule is CCNC(=NCc1ccc(N2CCN(CC)CC2)nc1)N1CCC(COC)C1.I. The Morgan fingerprint density at radius 3 is 2.62 bits per heavy atom. The molecule has 0 aliphatic carbocycles. The number of guanidine groups is 1. The van der Waals surface area contributed by atoms with Crippen LogP contribution in [0, 0.1) is 5.92 Å². The predicted octanol–water partition coefficient (Wildman–Crippen LogP) is 2.28. The standard InChI is InChI=1S/C21H36N6O.HI/c1-4-22-21(27-9-8-19(16-27)17-28-3)24-15-18-6-7-20(23-14-18)26-12-10-25(5-2)11-13-26;/h6-7,14,19H,4-5,8-13,15-17H2,1-3H3,(H,22,24);1H. The number of nitrogens with zero attached hydrogens (tertiary/aromatic N) is 5. The number of halogens is 1. The van der Waals surface area contributed by atoms with Crippen molar-refractivity contribution >= 4 is 35.8 Å². The van der Waals surface area contributed by atoms with Gasteiger partial charge in [-0.05, 0) is 31.5 Å². The molecule has 0 spiro atoms. The lowest BCUT2D eigenvalue weighted by atomic mass is 10.1. The van der Waals surface area contributed by atoms with Crippen molar-refractivity contribution in [3.63, 3.8) is 0 Å². The number of aromatic nitrogens is 1. The molecule has 1 atom stereocenters. The average Bonchev–Trinajstić information content (AvgIpc) is 3.20. The molecule has 29 heavy (non-hydrogen) atoms. The lowest BCUT2D eigenvalue weighted by Gasteiger charge is -2.34. The largest absolute Gasteiger partial charge is 0.384 e. The first-order chi connectivity index (χ1) is 13.7. The van der Waals surface area contributed by atoms with Gasteiger partial charge >= 0.3 is 0 Å². The van der Waals surface area contributed by atoms with E-state index < -0.39 is 0 Å². The van der Waals surface area contributed by atoms with E-state index in [1.807, 2.05) is 6.20 Å². The van der Waals surface area contributed by atoms with Crippen LogP contribution in [0.3, 0.4) is 0 Å². The fraction of sp³-hybridized carbons (Fsp3) is 0.714. The van der Waals surface area contributed by atoms with Gasteiger partial charge in [-0.25, -0.2) is 9.98 Å². The summed E-state index contributed by atoms with van der Waals surface area (Å²) in [6.07, 6.45) is 3.14. The van der Waals surface area contributed by atoms with Crippen molar-refractivity contribution in [2.45, 2.75) is 26.8 Å². The summed E-state index contributed by atoms with van der Waals surface area (Å²) in [5.41, 5.74) is 1.15. The summed E-state index contributed by atoms with van der Waals surface area (Å²) in [5.74, 6) is 2.68. The summed E-state index contributed by atoms with van der Waals surface area (Å²) in [5, 5.41) is 3.43. The highest BCUT2D eigenvalue weighted by molar-refractivity contribution is 14.0. The number of rotatable bonds is 7. The van der Waals surface area contributed by atoms with Gasteiger partial charge in [-0.15, -0.1) is 24.0 Å². The molecule has 3 heterocycles. The number of nitrogens with one attached hydrogen (secondary N) is 1. The van der Waals surface area contributed by atoms with E-state index >= 15 is 0 Å². The van der Waals surface area contributed by atoms with E-state index in [1.165, 1.54) is 6.42 Å². The van der Waals surface area contributed by atoms with Crippen LogP contribution in [0.15, 0.2) is 23.3 Å². The van der Waals surface area contributed by atoms with Gasteiger partial charge < -0.3 is 24.8 Å². The Morgan fingerprint density at radius 2 is 2.00 bits per heavy atom. The maximum atomic E-state index is 5.31. The molecule has 2 saturated heterocycles. The Labute approximate surface area is 192 Å². The van der Waals surface area contributed by atoms with Gasteiger partial charge in [-0.1, -0.05) is 13.0 Å². The second-order valence-corrected chi connectivity index (χ2v) is 7.67. The minimum atomic E-state index is 0. The third kappa shape index (κ3) is 6.96. The lowest BCUT2D eigenvalue weighted by Crippen LogP contribution is -2.46. The summed E-state index contributed by atoms with van der Waals surface area (Å²) in [6.45, 7) is 14.3. The van der Waals surface area contributed by atoms with Crippen LogP contribution in [0.25, 0.3) is 0 Å².